The van der Waals surface area contributed by atoms with Gasteiger partial charge in [-0.3, -0.25) is 0 Å². The van der Waals surface area contributed by atoms with Gasteiger partial charge in [-0.05, 0) is 56.5 Å². The van der Waals surface area contributed by atoms with Gasteiger partial charge in [0, 0.05) is 33.0 Å². The molecule has 1 nitrogen and oxygen atoms in total. The molecule has 0 amide bonds. The number of fused-ring (bicyclic) bond motifs is 4. The third-order valence-electron chi connectivity index (χ3n) is 6.59. The van der Waals surface area contributed by atoms with Crippen LogP contribution in [0.1, 0.15) is 39.4 Å². The van der Waals surface area contributed by atoms with E-state index in [1.807, 2.05) is 0 Å². The maximum atomic E-state index is 2.57. The average Bonchev–Trinajstić information content (AvgIpc) is 3.07. The van der Waals surface area contributed by atoms with Crippen molar-refractivity contribution < 1.29 is 0 Å². The SMILES string of the molecule is Cn1c2c(c3ccccc31)C(c1ccccc1)c1ccccc1C(I)=C2c1ccccc1. The molecule has 1 heterocycles. The normalized spacial score (nSPS) is 15.4. The van der Waals surface area contributed by atoms with Crippen LogP contribution in [-0.2, 0) is 7.05 Å². The number of halogens is 1. The van der Waals surface area contributed by atoms with Crippen molar-refractivity contribution in [1.29, 1.82) is 0 Å². The highest BCUT2D eigenvalue weighted by molar-refractivity contribution is 14.1. The molecule has 2 heteroatoms. The first-order valence-electron chi connectivity index (χ1n) is 10.9. The molecule has 4 aromatic carbocycles. The fourth-order valence-corrected chi connectivity index (χ4v) is 6.28. The Bertz CT molecular complexity index is 1480. The minimum Gasteiger partial charge on any atom is -0.343 e. The monoisotopic (exact) mass is 523 g/mol. The van der Waals surface area contributed by atoms with E-state index in [0.717, 1.165) is 0 Å². The second-order valence-corrected chi connectivity index (χ2v) is 9.40. The van der Waals surface area contributed by atoms with Gasteiger partial charge in [-0.25, -0.2) is 0 Å². The van der Waals surface area contributed by atoms with Crippen molar-refractivity contribution in [2.45, 2.75) is 5.92 Å². The van der Waals surface area contributed by atoms with Crippen molar-refractivity contribution in [2.24, 2.45) is 7.05 Å². The van der Waals surface area contributed by atoms with E-state index < -0.39 is 0 Å². The van der Waals surface area contributed by atoms with Gasteiger partial charge in [0.2, 0.25) is 0 Å². The molecule has 1 aromatic heterocycles. The highest BCUT2D eigenvalue weighted by Gasteiger charge is 2.33. The molecule has 0 aliphatic heterocycles. The minimum absolute atomic E-state index is 0.166. The molecule has 5 aromatic rings. The fourth-order valence-electron chi connectivity index (χ4n) is 5.22. The molecule has 0 radical (unpaired) electrons. The standard InChI is InChI=1S/C30H22IN/c1-32-25-19-11-10-18-24(25)28-26(20-12-4-2-5-13-20)22-16-8-9-17-23(22)29(31)27(30(28)32)21-14-6-3-7-15-21/h2-19,26H,1H3. The van der Waals surface area contributed by atoms with Crippen molar-refractivity contribution in [3.05, 3.63) is 143 Å². The Hall–Kier alpha value is -3.11. The summed E-state index contributed by atoms with van der Waals surface area (Å²) in [5, 5.41) is 1.33. The summed E-state index contributed by atoms with van der Waals surface area (Å²) >= 11 is 2.57. The van der Waals surface area contributed by atoms with Gasteiger partial charge in [0.15, 0.2) is 0 Å². The highest BCUT2D eigenvalue weighted by Crippen LogP contribution is 2.51. The van der Waals surface area contributed by atoms with E-state index in [0.29, 0.717) is 0 Å². The summed E-state index contributed by atoms with van der Waals surface area (Å²) < 4.78 is 3.70. The van der Waals surface area contributed by atoms with E-state index in [1.54, 1.807) is 0 Å². The predicted octanol–water partition coefficient (Wildman–Crippen LogP) is 8.02. The van der Waals surface area contributed by atoms with Gasteiger partial charge in [0.05, 0.1) is 5.69 Å². The van der Waals surface area contributed by atoms with Gasteiger partial charge in [-0.1, -0.05) is 103 Å². The molecule has 1 aliphatic rings. The maximum absolute atomic E-state index is 2.57. The van der Waals surface area contributed by atoms with Crippen LogP contribution in [0.5, 0.6) is 0 Å². The van der Waals surface area contributed by atoms with E-state index in [4.69, 9.17) is 0 Å². The second kappa shape index (κ2) is 7.79. The molecule has 0 saturated carbocycles. The van der Waals surface area contributed by atoms with E-state index >= 15 is 0 Å². The third kappa shape index (κ3) is 2.90. The summed E-state index contributed by atoms with van der Waals surface area (Å²) in [5.74, 6) is 0.166. The van der Waals surface area contributed by atoms with Crippen molar-refractivity contribution >= 4 is 42.6 Å². The molecular formula is C30H22IN. The molecule has 32 heavy (non-hydrogen) atoms. The van der Waals surface area contributed by atoms with E-state index in [2.05, 4.69) is 143 Å². The number of aryl methyl sites for hydroxylation is 1. The molecule has 0 bridgehead atoms. The summed E-state index contributed by atoms with van der Waals surface area (Å²) in [6.07, 6.45) is 0. The molecule has 0 spiro atoms. The molecule has 0 N–H and O–H groups in total. The second-order valence-electron chi connectivity index (χ2n) is 8.32. The molecule has 1 unspecified atom stereocenters. The molecule has 6 rings (SSSR count). The summed E-state index contributed by atoms with van der Waals surface area (Å²) in [4.78, 5) is 0. The van der Waals surface area contributed by atoms with Gasteiger partial charge in [0.25, 0.3) is 0 Å². The third-order valence-corrected chi connectivity index (χ3v) is 7.72. The van der Waals surface area contributed by atoms with Crippen molar-refractivity contribution in [3.8, 4) is 0 Å². The Morgan fingerprint density at radius 2 is 1.31 bits per heavy atom. The Balaban J connectivity index is 1.83. The Kier molecular flexibility index (Phi) is 4.76. The van der Waals surface area contributed by atoms with Gasteiger partial charge in [-0.15, -0.1) is 0 Å². The number of hydrogen-bond acceptors (Lipinski definition) is 0. The Morgan fingerprint density at radius 3 is 2.09 bits per heavy atom. The van der Waals surface area contributed by atoms with Gasteiger partial charge >= 0.3 is 0 Å². The smallest absolute Gasteiger partial charge is 0.0548 e. The zero-order valence-electron chi connectivity index (χ0n) is 17.8. The number of benzene rings is 4. The van der Waals surface area contributed by atoms with Crippen LogP contribution < -0.4 is 0 Å². The lowest BCUT2D eigenvalue weighted by molar-refractivity contribution is 0.911. The molecule has 0 saturated heterocycles. The molecule has 1 atom stereocenters. The van der Waals surface area contributed by atoms with Crippen molar-refractivity contribution in [1.82, 2.24) is 4.57 Å². The van der Waals surface area contributed by atoms with Crippen LogP contribution in [0.15, 0.2) is 109 Å². The topological polar surface area (TPSA) is 4.93 Å². The summed E-state index contributed by atoms with van der Waals surface area (Å²) in [5.41, 5.74) is 10.6. The van der Waals surface area contributed by atoms with Crippen molar-refractivity contribution in [2.75, 3.05) is 0 Å². The van der Waals surface area contributed by atoms with Gasteiger partial charge < -0.3 is 4.57 Å². The number of para-hydroxylation sites is 1. The lowest BCUT2D eigenvalue weighted by Crippen LogP contribution is -2.06. The van der Waals surface area contributed by atoms with Crippen LogP contribution in [0.25, 0.3) is 20.1 Å². The fraction of sp³-hybridized carbons (Fsp3) is 0.0667. The summed E-state index contributed by atoms with van der Waals surface area (Å²) in [7, 11) is 2.21. The maximum Gasteiger partial charge on any atom is 0.0548 e. The van der Waals surface area contributed by atoms with Crippen LogP contribution in [0.4, 0.5) is 0 Å². The Labute approximate surface area is 202 Å². The highest BCUT2D eigenvalue weighted by atomic mass is 127. The first-order valence-corrected chi connectivity index (χ1v) is 12.0. The van der Waals surface area contributed by atoms with Gasteiger partial charge in [-0.2, -0.15) is 0 Å². The first-order chi connectivity index (χ1) is 15.8. The average molecular weight is 523 g/mol. The minimum atomic E-state index is 0.166. The van der Waals surface area contributed by atoms with Crippen LogP contribution in [0, 0.1) is 0 Å². The van der Waals surface area contributed by atoms with Gasteiger partial charge in [0.1, 0.15) is 0 Å². The molecule has 1 aliphatic carbocycles. The number of aromatic nitrogens is 1. The lowest BCUT2D eigenvalue weighted by atomic mass is 9.82. The number of nitrogens with zero attached hydrogens (tertiary/aromatic N) is 1. The lowest BCUT2D eigenvalue weighted by Gasteiger charge is -2.20. The summed E-state index contributed by atoms with van der Waals surface area (Å²) in [6, 6.07) is 39.6. The molecular weight excluding hydrogens is 501 g/mol. The van der Waals surface area contributed by atoms with Crippen LogP contribution in [0.3, 0.4) is 0 Å². The first kappa shape index (κ1) is 19.6. The quantitative estimate of drug-likeness (QED) is 0.207. The van der Waals surface area contributed by atoms with Crippen LogP contribution in [-0.4, -0.2) is 4.57 Å². The van der Waals surface area contributed by atoms with E-state index in [1.165, 1.54) is 53.6 Å². The number of hydrogen-bond donors (Lipinski definition) is 0. The van der Waals surface area contributed by atoms with E-state index in [9.17, 15) is 0 Å². The zero-order chi connectivity index (χ0) is 21.7. The Morgan fingerprint density at radius 1 is 0.688 bits per heavy atom. The predicted molar refractivity (Wildman–Crippen MR) is 143 cm³/mol. The van der Waals surface area contributed by atoms with E-state index in [-0.39, 0.29) is 5.92 Å². The van der Waals surface area contributed by atoms with Crippen LogP contribution >= 0.6 is 22.6 Å². The largest absolute Gasteiger partial charge is 0.343 e. The number of rotatable bonds is 2. The summed E-state index contributed by atoms with van der Waals surface area (Å²) in [6.45, 7) is 0. The zero-order valence-corrected chi connectivity index (χ0v) is 20.0. The molecule has 0 fully saturated rings. The molecule has 154 valence electrons. The van der Waals surface area contributed by atoms with Crippen LogP contribution in [0.2, 0.25) is 0 Å². The van der Waals surface area contributed by atoms with Crippen molar-refractivity contribution in [3.63, 3.8) is 0 Å².